The molecule has 2 fully saturated rings. The highest BCUT2D eigenvalue weighted by molar-refractivity contribution is 5.03. The highest BCUT2D eigenvalue weighted by atomic mass is 15.2. The van der Waals surface area contributed by atoms with Gasteiger partial charge in [0.2, 0.25) is 0 Å². The first-order valence-electron chi connectivity index (χ1n) is 6.81. The molecule has 1 N–H and O–H groups in total. The van der Waals surface area contributed by atoms with E-state index in [9.17, 15) is 0 Å². The standard InChI is InChI=1S/C14H28N2/c1-11(2)16-9-14(10-16)7-6-12(8-14)15-13(3,4)5/h11-12,15H,6-10H2,1-5H3. The van der Waals surface area contributed by atoms with Crippen LogP contribution < -0.4 is 5.32 Å². The van der Waals surface area contributed by atoms with Crippen molar-refractivity contribution in [2.45, 2.75) is 71.5 Å². The molecule has 1 aliphatic carbocycles. The quantitative estimate of drug-likeness (QED) is 0.776. The normalized spacial score (nSPS) is 30.0. The Morgan fingerprint density at radius 2 is 1.88 bits per heavy atom. The molecule has 1 atom stereocenters. The van der Waals surface area contributed by atoms with Crippen LogP contribution in [0.1, 0.15) is 53.9 Å². The van der Waals surface area contributed by atoms with E-state index in [0.717, 1.165) is 12.1 Å². The Morgan fingerprint density at radius 3 is 2.38 bits per heavy atom. The molecule has 0 bridgehead atoms. The van der Waals surface area contributed by atoms with E-state index in [4.69, 9.17) is 0 Å². The summed E-state index contributed by atoms with van der Waals surface area (Å²) in [6, 6.07) is 1.49. The second kappa shape index (κ2) is 3.99. The van der Waals surface area contributed by atoms with Gasteiger partial charge in [0, 0.05) is 30.7 Å². The Kier molecular flexibility index (Phi) is 3.09. The van der Waals surface area contributed by atoms with E-state index in [1.165, 1.54) is 32.4 Å². The maximum atomic E-state index is 3.77. The van der Waals surface area contributed by atoms with Gasteiger partial charge >= 0.3 is 0 Å². The number of likely N-dealkylation sites (tertiary alicyclic amines) is 1. The fraction of sp³-hybridized carbons (Fsp3) is 1.00. The number of rotatable bonds is 2. The van der Waals surface area contributed by atoms with Crippen LogP contribution in [0, 0.1) is 5.41 Å². The molecular weight excluding hydrogens is 196 g/mol. The summed E-state index contributed by atoms with van der Waals surface area (Å²) in [6.45, 7) is 14.1. The molecule has 2 aliphatic rings. The van der Waals surface area contributed by atoms with E-state index < -0.39 is 0 Å². The summed E-state index contributed by atoms with van der Waals surface area (Å²) in [6.07, 6.45) is 4.21. The van der Waals surface area contributed by atoms with Gasteiger partial charge in [-0.1, -0.05) is 0 Å². The predicted molar refractivity (Wildman–Crippen MR) is 69.7 cm³/mol. The molecule has 1 spiro atoms. The van der Waals surface area contributed by atoms with Crippen molar-refractivity contribution >= 4 is 0 Å². The van der Waals surface area contributed by atoms with Crippen molar-refractivity contribution in [1.82, 2.24) is 10.2 Å². The first-order chi connectivity index (χ1) is 7.30. The first-order valence-corrected chi connectivity index (χ1v) is 6.81. The second-order valence-corrected chi connectivity index (χ2v) is 7.33. The van der Waals surface area contributed by atoms with Crippen LogP contribution in [-0.4, -0.2) is 35.6 Å². The van der Waals surface area contributed by atoms with Crippen LogP contribution >= 0.6 is 0 Å². The molecule has 16 heavy (non-hydrogen) atoms. The Morgan fingerprint density at radius 1 is 1.25 bits per heavy atom. The van der Waals surface area contributed by atoms with Gasteiger partial charge in [-0.3, -0.25) is 4.90 Å². The Balaban J connectivity index is 1.81. The van der Waals surface area contributed by atoms with Crippen molar-refractivity contribution in [3.05, 3.63) is 0 Å². The van der Waals surface area contributed by atoms with E-state index in [2.05, 4.69) is 44.8 Å². The third-order valence-electron chi connectivity index (χ3n) is 4.15. The van der Waals surface area contributed by atoms with Crippen molar-refractivity contribution in [3.63, 3.8) is 0 Å². The number of hydrogen-bond donors (Lipinski definition) is 1. The average Bonchev–Trinajstić information content (AvgIpc) is 2.42. The molecule has 0 aromatic carbocycles. The van der Waals surface area contributed by atoms with Gasteiger partial charge in [0.15, 0.2) is 0 Å². The van der Waals surface area contributed by atoms with Gasteiger partial charge in [0.25, 0.3) is 0 Å². The lowest BCUT2D eigenvalue weighted by atomic mass is 9.77. The average molecular weight is 224 g/mol. The molecule has 1 saturated carbocycles. The largest absolute Gasteiger partial charge is 0.309 e. The van der Waals surface area contributed by atoms with Crippen molar-refractivity contribution in [2.24, 2.45) is 5.41 Å². The van der Waals surface area contributed by atoms with Crippen molar-refractivity contribution < 1.29 is 0 Å². The molecule has 1 heterocycles. The van der Waals surface area contributed by atoms with Crippen LogP contribution in [-0.2, 0) is 0 Å². The molecule has 94 valence electrons. The van der Waals surface area contributed by atoms with Crippen molar-refractivity contribution in [2.75, 3.05) is 13.1 Å². The molecule has 2 nitrogen and oxygen atoms in total. The molecule has 1 aliphatic heterocycles. The summed E-state index contributed by atoms with van der Waals surface area (Å²) in [5.41, 5.74) is 0.949. The minimum atomic E-state index is 0.275. The number of nitrogens with zero attached hydrogens (tertiary/aromatic N) is 1. The minimum absolute atomic E-state index is 0.275. The summed E-state index contributed by atoms with van der Waals surface area (Å²) < 4.78 is 0. The topological polar surface area (TPSA) is 15.3 Å². The zero-order chi connectivity index (χ0) is 12.0. The molecular formula is C14H28N2. The summed E-state index contributed by atoms with van der Waals surface area (Å²) >= 11 is 0. The lowest BCUT2D eigenvalue weighted by Gasteiger charge is -2.51. The van der Waals surface area contributed by atoms with E-state index in [1.54, 1.807) is 0 Å². The summed E-state index contributed by atoms with van der Waals surface area (Å²) in [4.78, 5) is 2.61. The number of hydrogen-bond acceptors (Lipinski definition) is 2. The maximum Gasteiger partial charge on any atom is 0.00991 e. The third-order valence-corrected chi connectivity index (χ3v) is 4.15. The highest BCUT2D eigenvalue weighted by Crippen LogP contribution is 2.46. The van der Waals surface area contributed by atoms with E-state index in [-0.39, 0.29) is 5.54 Å². The van der Waals surface area contributed by atoms with Gasteiger partial charge in [0.05, 0.1) is 0 Å². The first kappa shape index (κ1) is 12.4. The Hall–Kier alpha value is -0.0800. The Labute approximate surface area is 101 Å². The van der Waals surface area contributed by atoms with Gasteiger partial charge in [-0.05, 0) is 59.3 Å². The summed E-state index contributed by atoms with van der Waals surface area (Å²) in [5.74, 6) is 0. The monoisotopic (exact) mass is 224 g/mol. The smallest absolute Gasteiger partial charge is 0.00991 e. The van der Waals surface area contributed by atoms with Crippen LogP contribution in [0.4, 0.5) is 0 Å². The molecule has 0 amide bonds. The highest BCUT2D eigenvalue weighted by Gasteiger charge is 2.48. The number of nitrogens with one attached hydrogen (secondary N) is 1. The molecule has 0 radical (unpaired) electrons. The lowest BCUT2D eigenvalue weighted by Crippen LogP contribution is -2.58. The van der Waals surface area contributed by atoms with E-state index in [1.807, 2.05) is 0 Å². The van der Waals surface area contributed by atoms with Gasteiger partial charge in [-0.15, -0.1) is 0 Å². The fourth-order valence-corrected chi connectivity index (χ4v) is 3.41. The van der Waals surface area contributed by atoms with E-state index >= 15 is 0 Å². The van der Waals surface area contributed by atoms with Crippen LogP contribution in [0.2, 0.25) is 0 Å². The second-order valence-electron chi connectivity index (χ2n) is 7.33. The van der Waals surface area contributed by atoms with Crippen molar-refractivity contribution in [3.8, 4) is 0 Å². The van der Waals surface area contributed by atoms with Gasteiger partial charge in [0.1, 0.15) is 0 Å². The van der Waals surface area contributed by atoms with Gasteiger partial charge in [-0.2, -0.15) is 0 Å². The van der Waals surface area contributed by atoms with Gasteiger partial charge < -0.3 is 5.32 Å². The third kappa shape index (κ3) is 2.60. The Bertz CT molecular complexity index is 246. The minimum Gasteiger partial charge on any atom is -0.309 e. The summed E-state index contributed by atoms with van der Waals surface area (Å²) in [7, 11) is 0. The van der Waals surface area contributed by atoms with Gasteiger partial charge in [-0.25, -0.2) is 0 Å². The molecule has 0 aromatic heterocycles. The van der Waals surface area contributed by atoms with Crippen LogP contribution in [0.15, 0.2) is 0 Å². The molecule has 0 aromatic rings. The molecule has 2 heteroatoms. The SMILES string of the molecule is CC(C)N1CC2(CCC(NC(C)(C)C)C2)C1. The molecule has 2 rings (SSSR count). The van der Waals surface area contributed by atoms with Crippen LogP contribution in [0.5, 0.6) is 0 Å². The fourth-order valence-electron chi connectivity index (χ4n) is 3.41. The summed E-state index contributed by atoms with van der Waals surface area (Å²) in [5, 5.41) is 3.77. The lowest BCUT2D eigenvalue weighted by molar-refractivity contribution is -0.0186. The zero-order valence-electron chi connectivity index (χ0n) is 11.6. The molecule has 1 unspecified atom stereocenters. The van der Waals surface area contributed by atoms with E-state index in [0.29, 0.717) is 5.41 Å². The van der Waals surface area contributed by atoms with Crippen LogP contribution in [0.3, 0.4) is 0 Å². The van der Waals surface area contributed by atoms with Crippen molar-refractivity contribution in [1.29, 1.82) is 0 Å². The van der Waals surface area contributed by atoms with Crippen LogP contribution in [0.25, 0.3) is 0 Å². The zero-order valence-corrected chi connectivity index (χ0v) is 11.6. The molecule has 1 saturated heterocycles. The maximum absolute atomic E-state index is 3.77. The predicted octanol–water partition coefficient (Wildman–Crippen LogP) is 2.64.